The number of thiophene rings is 1. The number of hydrogen-bond acceptors (Lipinski definition) is 4. The Balaban J connectivity index is 1.98. The van der Waals surface area contributed by atoms with Crippen LogP contribution >= 0.6 is 22.7 Å². The van der Waals surface area contributed by atoms with Crippen LogP contribution < -0.4 is 4.80 Å². The minimum absolute atomic E-state index is 0.252. The Morgan fingerprint density at radius 1 is 1.38 bits per heavy atom. The number of carbonyl (C=O) groups is 1. The number of hydrogen-bond donors (Lipinski definition) is 0. The maximum Gasteiger partial charge on any atom is 0.272 e. The maximum absolute atomic E-state index is 12.2. The Morgan fingerprint density at radius 3 is 3.00 bits per heavy atom. The second-order valence-electron chi connectivity index (χ2n) is 5.30. The summed E-state index contributed by atoms with van der Waals surface area (Å²) < 4.78 is 8.36. The fraction of sp³-hybridized carbons (Fsp3) is 0.222. The van der Waals surface area contributed by atoms with Crippen molar-refractivity contribution in [3.8, 4) is 0 Å². The monoisotopic (exact) mass is 358 g/mol. The number of ether oxygens (including phenoxy) is 1. The van der Waals surface area contributed by atoms with Crippen molar-refractivity contribution in [3.63, 3.8) is 0 Å². The van der Waals surface area contributed by atoms with E-state index in [1.807, 2.05) is 22.1 Å². The molecule has 0 unspecified atom stereocenters. The smallest absolute Gasteiger partial charge is 0.272 e. The molecule has 4 nitrogen and oxygen atoms in total. The maximum atomic E-state index is 12.2. The Labute approximate surface area is 148 Å². The van der Waals surface area contributed by atoms with Gasteiger partial charge < -0.3 is 9.30 Å². The lowest BCUT2D eigenvalue weighted by Gasteiger charge is -2.04. The summed E-state index contributed by atoms with van der Waals surface area (Å²) in [6.45, 7) is 3.30. The molecule has 2 heterocycles. The molecule has 0 aliphatic carbocycles. The van der Waals surface area contributed by atoms with Gasteiger partial charge in [0.15, 0.2) is 4.80 Å². The molecule has 24 heavy (non-hydrogen) atoms. The molecule has 6 heteroatoms. The predicted molar refractivity (Wildman–Crippen MR) is 100 cm³/mol. The van der Waals surface area contributed by atoms with Crippen molar-refractivity contribution >= 4 is 44.9 Å². The lowest BCUT2D eigenvalue weighted by atomic mass is 10.2. The molecular formula is C18H18N2O2S2. The van der Waals surface area contributed by atoms with E-state index in [4.69, 9.17) is 4.74 Å². The lowest BCUT2D eigenvalue weighted by Crippen LogP contribution is -2.18. The minimum atomic E-state index is -0.252. The topological polar surface area (TPSA) is 43.6 Å². The molecule has 3 aromatic rings. The highest BCUT2D eigenvalue weighted by Gasteiger charge is 2.07. The van der Waals surface area contributed by atoms with Gasteiger partial charge in [0.2, 0.25) is 0 Å². The van der Waals surface area contributed by atoms with E-state index in [0.717, 1.165) is 15.1 Å². The average Bonchev–Trinajstić information content (AvgIpc) is 3.18. The number of rotatable bonds is 5. The molecule has 0 spiro atoms. The first kappa shape index (κ1) is 16.8. The van der Waals surface area contributed by atoms with Crippen molar-refractivity contribution in [2.75, 3.05) is 13.7 Å². The van der Waals surface area contributed by atoms with Crippen molar-refractivity contribution in [1.82, 2.24) is 4.57 Å². The fourth-order valence-electron chi connectivity index (χ4n) is 2.34. The third-order valence-corrected chi connectivity index (χ3v) is 5.38. The van der Waals surface area contributed by atoms with E-state index in [2.05, 4.69) is 30.1 Å². The zero-order valence-electron chi connectivity index (χ0n) is 13.6. The van der Waals surface area contributed by atoms with Gasteiger partial charge in [-0.05, 0) is 42.1 Å². The van der Waals surface area contributed by atoms with E-state index in [0.29, 0.717) is 18.0 Å². The average molecular weight is 358 g/mol. The SMILES string of the molecule is COCCn1c(=NC(=O)/C=C/c2cccs2)sc2cc(C)ccc21. The molecular weight excluding hydrogens is 340 g/mol. The van der Waals surface area contributed by atoms with Gasteiger partial charge in [-0.25, -0.2) is 0 Å². The first-order chi connectivity index (χ1) is 11.7. The molecule has 0 aliphatic heterocycles. The van der Waals surface area contributed by atoms with Gasteiger partial charge in [0, 0.05) is 24.6 Å². The number of amides is 1. The molecule has 0 saturated carbocycles. The fourth-order valence-corrected chi connectivity index (χ4v) is 4.11. The van der Waals surface area contributed by atoms with E-state index in [9.17, 15) is 4.79 Å². The molecule has 0 N–H and O–H groups in total. The van der Waals surface area contributed by atoms with E-state index in [1.54, 1.807) is 24.5 Å². The zero-order valence-corrected chi connectivity index (χ0v) is 15.2. The molecule has 3 rings (SSSR count). The first-order valence-electron chi connectivity index (χ1n) is 7.56. The van der Waals surface area contributed by atoms with Crippen molar-refractivity contribution in [2.24, 2.45) is 4.99 Å². The van der Waals surface area contributed by atoms with Crippen molar-refractivity contribution in [1.29, 1.82) is 0 Å². The molecule has 0 saturated heterocycles. The largest absolute Gasteiger partial charge is 0.383 e. The molecule has 0 fully saturated rings. The first-order valence-corrected chi connectivity index (χ1v) is 9.26. The van der Waals surface area contributed by atoms with Crippen molar-refractivity contribution in [2.45, 2.75) is 13.5 Å². The molecule has 0 radical (unpaired) electrons. The van der Waals surface area contributed by atoms with Gasteiger partial charge in [0.05, 0.1) is 16.8 Å². The number of nitrogens with zero attached hydrogens (tertiary/aromatic N) is 2. The number of benzene rings is 1. The van der Waals surface area contributed by atoms with E-state index in [1.165, 1.54) is 23.0 Å². The third kappa shape index (κ3) is 3.90. The molecule has 0 aliphatic rings. The molecule has 0 bridgehead atoms. The van der Waals surface area contributed by atoms with Crippen LogP contribution in [0.2, 0.25) is 0 Å². The van der Waals surface area contributed by atoms with Crippen LogP contribution in [0.3, 0.4) is 0 Å². The van der Waals surface area contributed by atoms with E-state index in [-0.39, 0.29) is 5.91 Å². The van der Waals surface area contributed by atoms with Gasteiger partial charge in [-0.1, -0.05) is 23.5 Å². The summed E-state index contributed by atoms with van der Waals surface area (Å²) in [6, 6.07) is 10.2. The molecule has 0 atom stereocenters. The number of carbonyl (C=O) groups excluding carboxylic acids is 1. The summed E-state index contributed by atoms with van der Waals surface area (Å²) in [6.07, 6.45) is 3.32. The third-order valence-electron chi connectivity index (χ3n) is 3.50. The van der Waals surface area contributed by atoms with Gasteiger partial charge >= 0.3 is 0 Å². The standard InChI is InChI=1S/C18H18N2O2S2/c1-13-5-7-15-16(12-13)24-18(20(15)9-10-22-2)19-17(21)8-6-14-4-3-11-23-14/h3-8,11-12H,9-10H2,1-2H3/b8-6+,19-18?. The van der Waals surface area contributed by atoms with Crippen LogP contribution in [-0.4, -0.2) is 24.2 Å². The zero-order chi connectivity index (χ0) is 16.9. The van der Waals surface area contributed by atoms with E-state index < -0.39 is 0 Å². The Hall–Kier alpha value is -2.02. The lowest BCUT2D eigenvalue weighted by molar-refractivity contribution is -0.113. The number of aromatic nitrogens is 1. The van der Waals surface area contributed by atoms with Gasteiger partial charge in [-0.2, -0.15) is 4.99 Å². The Kier molecular flexibility index (Phi) is 5.40. The summed E-state index contributed by atoms with van der Waals surface area (Å²) in [5.41, 5.74) is 2.27. The van der Waals surface area contributed by atoms with E-state index >= 15 is 0 Å². The second-order valence-corrected chi connectivity index (χ2v) is 7.29. The normalized spacial score (nSPS) is 12.5. The summed E-state index contributed by atoms with van der Waals surface area (Å²) >= 11 is 3.12. The number of thiazole rings is 1. The minimum Gasteiger partial charge on any atom is -0.383 e. The second kappa shape index (κ2) is 7.70. The molecule has 2 aromatic heterocycles. The van der Waals surface area contributed by atoms with Crippen LogP contribution in [-0.2, 0) is 16.1 Å². The van der Waals surface area contributed by atoms with Crippen LogP contribution in [0.4, 0.5) is 0 Å². The van der Waals surface area contributed by atoms with Crippen LogP contribution in [0.5, 0.6) is 0 Å². The molecule has 124 valence electrons. The van der Waals surface area contributed by atoms with Crippen LogP contribution in [0.1, 0.15) is 10.4 Å². The summed E-state index contributed by atoms with van der Waals surface area (Å²) in [4.78, 5) is 18.2. The highest BCUT2D eigenvalue weighted by Crippen LogP contribution is 2.19. The van der Waals surface area contributed by atoms with Gasteiger partial charge in [0.25, 0.3) is 5.91 Å². The summed E-state index contributed by atoms with van der Waals surface area (Å²) in [5, 5.41) is 1.98. The molecule has 1 aromatic carbocycles. The number of aryl methyl sites for hydroxylation is 1. The molecule has 1 amide bonds. The van der Waals surface area contributed by atoms with Crippen molar-refractivity contribution < 1.29 is 9.53 Å². The Bertz CT molecular complexity index is 934. The summed E-state index contributed by atoms with van der Waals surface area (Å²) in [7, 11) is 1.67. The van der Waals surface area contributed by atoms with Crippen molar-refractivity contribution in [3.05, 3.63) is 57.0 Å². The predicted octanol–water partition coefficient (Wildman–Crippen LogP) is 3.86. The number of fused-ring (bicyclic) bond motifs is 1. The Morgan fingerprint density at radius 2 is 2.25 bits per heavy atom. The van der Waals surface area contributed by atoms with Gasteiger partial charge in [-0.15, -0.1) is 11.3 Å². The van der Waals surface area contributed by atoms with Crippen LogP contribution in [0.15, 0.2) is 46.8 Å². The van der Waals surface area contributed by atoms with Gasteiger partial charge in [0.1, 0.15) is 0 Å². The van der Waals surface area contributed by atoms with Gasteiger partial charge in [-0.3, -0.25) is 4.79 Å². The quantitative estimate of drug-likeness (QED) is 0.650. The number of methoxy groups -OCH3 is 1. The van der Waals surface area contributed by atoms with Crippen LogP contribution in [0.25, 0.3) is 16.3 Å². The highest BCUT2D eigenvalue weighted by atomic mass is 32.1. The van der Waals surface area contributed by atoms with Crippen LogP contribution in [0, 0.1) is 6.92 Å². The highest BCUT2D eigenvalue weighted by molar-refractivity contribution is 7.16. The summed E-state index contributed by atoms with van der Waals surface area (Å²) in [5.74, 6) is -0.252.